The van der Waals surface area contributed by atoms with Crippen LogP contribution in [0, 0.1) is 5.92 Å². The standard InChI is InChI=1S/C16H23N5O/c1-3-4-14-13(10-18-19-14)16(22)20(2)11-12-5-7-21-8-6-17-15(21)9-12/h6,8,10,12H,3-5,7,9,11H2,1-2H3,(H,18,19)/t12-/m1/s1. The SMILES string of the molecule is CCCc1[nH]ncc1C(=O)N(C)C[C@@H]1CCn2ccnc2C1. The average Bonchev–Trinajstić information content (AvgIpc) is 3.15. The maximum atomic E-state index is 12.6. The van der Waals surface area contributed by atoms with Gasteiger partial charge >= 0.3 is 0 Å². The number of amides is 1. The molecule has 1 aliphatic rings. The molecule has 0 fully saturated rings. The Labute approximate surface area is 130 Å². The molecule has 0 aromatic carbocycles. The monoisotopic (exact) mass is 301 g/mol. The van der Waals surface area contributed by atoms with Crippen LogP contribution in [0.3, 0.4) is 0 Å². The maximum absolute atomic E-state index is 12.6. The van der Waals surface area contributed by atoms with Crippen LogP contribution in [0.1, 0.15) is 41.6 Å². The number of rotatable bonds is 5. The van der Waals surface area contributed by atoms with Crippen molar-refractivity contribution in [1.29, 1.82) is 0 Å². The molecular weight excluding hydrogens is 278 g/mol. The third kappa shape index (κ3) is 2.91. The highest BCUT2D eigenvalue weighted by Gasteiger charge is 2.24. The first-order valence-electron chi connectivity index (χ1n) is 7.96. The topological polar surface area (TPSA) is 66.8 Å². The number of H-pyrrole nitrogens is 1. The number of hydrogen-bond acceptors (Lipinski definition) is 3. The smallest absolute Gasteiger partial charge is 0.257 e. The van der Waals surface area contributed by atoms with Crippen LogP contribution in [0.25, 0.3) is 0 Å². The molecule has 6 heteroatoms. The average molecular weight is 301 g/mol. The van der Waals surface area contributed by atoms with Gasteiger partial charge in [0.05, 0.1) is 11.8 Å². The van der Waals surface area contributed by atoms with Crippen molar-refractivity contribution in [3.05, 3.63) is 35.7 Å². The fourth-order valence-corrected chi connectivity index (χ4v) is 3.18. The van der Waals surface area contributed by atoms with Gasteiger partial charge in [0.15, 0.2) is 0 Å². The molecule has 0 unspecified atom stereocenters. The Morgan fingerprint density at radius 2 is 2.41 bits per heavy atom. The first kappa shape index (κ1) is 14.8. The predicted molar refractivity (Wildman–Crippen MR) is 83.6 cm³/mol. The molecule has 0 spiro atoms. The predicted octanol–water partition coefficient (Wildman–Crippen LogP) is 1.89. The fourth-order valence-electron chi connectivity index (χ4n) is 3.18. The molecular formula is C16H23N5O. The molecule has 2 aromatic rings. The lowest BCUT2D eigenvalue weighted by Gasteiger charge is -2.27. The van der Waals surface area contributed by atoms with Crippen molar-refractivity contribution in [2.24, 2.45) is 5.92 Å². The number of aromatic amines is 1. The molecule has 0 saturated carbocycles. The summed E-state index contributed by atoms with van der Waals surface area (Å²) in [4.78, 5) is 18.8. The molecule has 0 aliphatic carbocycles. The Morgan fingerprint density at radius 1 is 1.55 bits per heavy atom. The molecule has 1 aliphatic heterocycles. The third-order valence-corrected chi connectivity index (χ3v) is 4.38. The van der Waals surface area contributed by atoms with Gasteiger partial charge in [-0.15, -0.1) is 0 Å². The van der Waals surface area contributed by atoms with E-state index in [0.29, 0.717) is 11.5 Å². The van der Waals surface area contributed by atoms with E-state index in [1.165, 1.54) is 0 Å². The molecule has 118 valence electrons. The largest absolute Gasteiger partial charge is 0.341 e. The summed E-state index contributed by atoms with van der Waals surface area (Å²) in [6.07, 6.45) is 9.43. The molecule has 1 atom stereocenters. The summed E-state index contributed by atoms with van der Waals surface area (Å²) in [5.74, 6) is 1.67. The van der Waals surface area contributed by atoms with E-state index in [2.05, 4.69) is 26.7 Å². The van der Waals surface area contributed by atoms with Crippen molar-refractivity contribution in [3.8, 4) is 0 Å². The highest BCUT2D eigenvalue weighted by Crippen LogP contribution is 2.20. The van der Waals surface area contributed by atoms with E-state index in [1.54, 1.807) is 6.20 Å². The molecule has 0 bridgehead atoms. The summed E-state index contributed by atoms with van der Waals surface area (Å²) < 4.78 is 2.20. The zero-order chi connectivity index (χ0) is 15.5. The summed E-state index contributed by atoms with van der Waals surface area (Å²) in [6.45, 7) is 3.86. The summed E-state index contributed by atoms with van der Waals surface area (Å²) in [5.41, 5.74) is 1.65. The van der Waals surface area contributed by atoms with Gasteiger partial charge in [0.2, 0.25) is 0 Å². The number of nitrogens with zero attached hydrogens (tertiary/aromatic N) is 4. The Morgan fingerprint density at radius 3 is 3.23 bits per heavy atom. The Balaban J connectivity index is 1.63. The van der Waals surface area contributed by atoms with Gasteiger partial charge in [-0.05, 0) is 18.8 Å². The van der Waals surface area contributed by atoms with Gasteiger partial charge in [-0.25, -0.2) is 4.98 Å². The quantitative estimate of drug-likeness (QED) is 0.917. The Bertz CT molecular complexity index is 645. The summed E-state index contributed by atoms with van der Waals surface area (Å²) in [7, 11) is 1.88. The number of hydrogen-bond donors (Lipinski definition) is 1. The first-order valence-corrected chi connectivity index (χ1v) is 7.96. The second-order valence-electron chi connectivity index (χ2n) is 6.09. The van der Waals surface area contributed by atoms with Gasteiger partial charge in [0, 0.05) is 44.6 Å². The van der Waals surface area contributed by atoms with E-state index in [-0.39, 0.29) is 5.91 Å². The molecule has 0 saturated heterocycles. The van der Waals surface area contributed by atoms with Crippen molar-refractivity contribution in [3.63, 3.8) is 0 Å². The van der Waals surface area contributed by atoms with E-state index >= 15 is 0 Å². The zero-order valence-corrected chi connectivity index (χ0v) is 13.2. The van der Waals surface area contributed by atoms with Crippen LogP contribution in [0.15, 0.2) is 18.6 Å². The number of aromatic nitrogens is 4. The molecule has 1 N–H and O–H groups in total. The number of imidazole rings is 1. The lowest BCUT2D eigenvalue weighted by atomic mass is 9.97. The van der Waals surface area contributed by atoms with Gasteiger partial charge < -0.3 is 9.47 Å². The number of aryl methyl sites for hydroxylation is 2. The second-order valence-corrected chi connectivity index (χ2v) is 6.09. The van der Waals surface area contributed by atoms with Crippen LogP contribution < -0.4 is 0 Å². The number of carbonyl (C=O) groups is 1. The van der Waals surface area contributed by atoms with Gasteiger partial charge in [0.25, 0.3) is 5.91 Å². The van der Waals surface area contributed by atoms with E-state index < -0.39 is 0 Å². The van der Waals surface area contributed by atoms with Crippen LogP contribution in [0.2, 0.25) is 0 Å². The minimum Gasteiger partial charge on any atom is -0.341 e. The van der Waals surface area contributed by atoms with Crippen LogP contribution in [-0.4, -0.2) is 44.1 Å². The van der Waals surface area contributed by atoms with Crippen LogP contribution >= 0.6 is 0 Å². The first-order chi connectivity index (χ1) is 10.7. The number of carbonyl (C=O) groups excluding carboxylic acids is 1. The molecule has 22 heavy (non-hydrogen) atoms. The highest BCUT2D eigenvalue weighted by atomic mass is 16.2. The molecule has 2 aromatic heterocycles. The van der Waals surface area contributed by atoms with E-state index in [1.807, 2.05) is 24.3 Å². The molecule has 0 radical (unpaired) electrons. The second kappa shape index (κ2) is 6.34. The Kier molecular flexibility index (Phi) is 4.27. The molecule has 1 amide bonds. The normalized spacial score (nSPS) is 17.3. The zero-order valence-electron chi connectivity index (χ0n) is 13.2. The molecule has 6 nitrogen and oxygen atoms in total. The van der Waals surface area contributed by atoms with Crippen molar-refractivity contribution < 1.29 is 4.79 Å². The minimum absolute atomic E-state index is 0.0612. The van der Waals surface area contributed by atoms with Crippen LogP contribution in [0.4, 0.5) is 0 Å². The number of nitrogens with one attached hydrogen (secondary N) is 1. The highest BCUT2D eigenvalue weighted by molar-refractivity contribution is 5.94. The van der Waals surface area contributed by atoms with Crippen LogP contribution in [0.5, 0.6) is 0 Å². The lowest BCUT2D eigenvalue weighted by molar-refractivity contribution is 0.0763. The summed E-state index contributed by atoms with van der Waals surface area (Å²) in [6, 6.07) is 0. The van der Waals surface area contributed by atoms with E-state index in [4.69, 9.17) is 0 Å². The summed E-state index contributed by atoms with van der Waals surface area (Å²) >= 11 is 0. The third-order valence-electron chi connectivity index (χ3n) is 4.38. The minimum atomic E-state index is 0.0612. The fraction of sp³-hybridized carbons (Fsp3) is 0.562. The van der Waals surface area contributed by atoms with Crippen LogP contribution in [-0.2, 0) is 19.4 Å². The van der Waals surface area contributed by atoms with E-state index in [9.17, 15) is 4.79 Å². The van der Waals surface area contributed by atoms with E-state index in [0.717, 1.165) is 50.3 Å². The van der Waals surface area contributed by atoms with Gasteiger partial charge in [0.1, 0.15) is 5.82 Å². The van der Waals surface area contributed by atoms with Crippen molar-refractivity contribution in [2.45, 2.75) is 39.2 Å². The maximum Gasteiger partial charge on any atom is 0.257 e. The molecule has 3 rings (SSSR count). The van der Waals surface area contributed by atoms with Gasteiger partial charge in [-0.2, -0.15) is 5.10 Å². The van der Waals surface area contributed by atoms with Crippen molar-refractivity contribution in [2.75, 3.05) is 13.6 Å². The Hall–Kier alpha value is -2.11. The van der Waals surface area contributed by atoms with Crippen molar-refractivity contribution >= 4 is 5.91 Å². The lowest BCUT2D eigenvalue weighted by Crippen LogP contribution is -2.35. The summed E-state index contributed by atoms with van der Waals surface area (Å²) in [5, 5.41) is 6.97. The number of fused-ring (bicyclic) bond motifs is 1. The van der Waals surface area contributed by atoms with Gasteiger partial charge in [-0.3, -0.25) is 9.89 Å². The molecule has 3 heterocycles. The van der Waals surface area contributed by atoms with Crippen molar-refractivity contribution in [1.82, 2.24) is 24.6 Å². The van der Waals surface area contributed by atoms with Gasteiger partial charge in [-0.1, -0.05) is 13.3 Å².